The standard InChI is InChI=1S/C82H139NO18/c1-3-5-7-9-11-13-15-17-19-21-23-25-27-29-30-31-32-33-34-36-38-40-42-44-46-48-50-52-54-56-58-60-70(88)83-65(66(87)59-57-55-53-51-49-47-45-43-41-39-37-35-28-26-24-22-20-18-16-14-12-10-8-6-4-2)64-96-80-76(94)73(91)78(68(62-85)98-80)101-82-77(95)74(92)79(69(63-86)99-82)100-81-75(93)72(90)71(89)67(61-84)97-81/h5,7,11,13,17,19,23,25,29-30,32-33,36,38,42,44,48,50,57,59,65-69,71-82,84-87,89-95H,3-4,6,8-10,12,14-16,18,20-22,24,26-28,31,34-35,37,39-41,43,45-47,49,51-56,58,60-64H2,1-2H3,(H,83,88)/b7-5-,13-11-,19-17-,25-23-,30-29-,33-32-,38-36-,44-42-,50-48-,59-57+. The molecule has 0 spiro atoms. The zero-order valence-electron chi connectivity index (χ0n) is 61.8. The summed E-state index contributed by atoms with van der Waals surface area (Å²) in [6, 6.07) is -1.00. The van der Waals surface area contributed by atoms with Gasteiger partial charge in [-0.3, -0.25) is 4.79 Å². The highest BCUT2D eigenvalue weighted by Gasteiger charge is 2.53. The lowest BCUT2D eigenvalue weighted by molar-refractivity contribution is -0.379. The maximum Gasteiger partial charge on any atom is 0.220 e. The summed E-state index contributed by atoms with van der Waals surface area (Å²) in [4.78, 5) is 13.5. The summed E-state index contributed by atoms with van der Waals surface area (Å²) in [5.41, 5.74) is 0. The van der Waals surface area contributed by atoms with Crippen LogP contribution in [-0.4, -0.2) is 193 Å². The second-order valence-corrected chi connectivity index (χ2v) is 27.4. The normalized spacial score (nSPS) is 27.0. The molecular weight excluding hydrogens is 1290 g/mol. The molecule has 0 radical (unpaired) electrons. The van der Waals surface area contributed by atoms with Gasteiger partial charge in [0.2, 0.25) is 5.91 Å². The molecule has 0 aromatic heterocycles. The Balaban J connectivity index is 1.42. The third-order valence-corrected chi connectivity index (χ3v) is 18.8. The SMILES string of the molecule is CC/C=C\C/C=C\C/C=C\C/C=C\C/C=C\C/C=C\C/C=C\C/C=C\C/C=C\CCCCCC(=O)NC(COC1OC(CO)C(OC2OC(CO)C(OC3OC(CO)C(O)C(O)C3O)C(O)C2O)C(O)C1O)C(O)/C=C/CCCCCCCCCCCCCCCCCCCCCCCCC. The minimum Gasteiger partial charge on any atom is -0.394 e. The Bertz CT molecular complexity index is 2300. The van der Waals surface area contributed by atoms with E-state index in [1.807, 2.05) is 6.08 Å². The third kappa shape index (κ3) is 41.6. The first-order valence-corrected chi connectivity index (χ1v) is 39.3. The number of aliphatic hydroxyl groups excluding tert-OH is 11. The van der Waals surface area contributed by atoms with Crippen molar-refractivity contribution in [1.82, 2.24) is 5.32 Å². The summed E-state index contributed by atoms with van der Waals surface area (Å²) in [6.07, 6.45) is 58.8. The molecule has 0 bridgehead atoms. The zero-order chi connectivity index (χ0) is 73.2. The quantitative estimate of drug-likeness (QED) is 0.0199. The van der Waals surface area contributed by atoms with Crippen molar-refractivity contribution in [2.75, 3.05) is 26.4 Å². The molecule has 17 unspecified atom stereocenters. The lowest BCUT2D eigenvalue weighted by Crippen LogP contribution is -2.66. The van der Waals surface area contributed by atoms with Crippen molar-refractivity contribution in [2.24, 2.45) is 0 Å². The number of hydrogen-bond acceptors (Lipinski definition) is 18. The van der Waals surface area contributed by atoms with Crippen LogP contribution in [0.2, 0.25) is 0 Å². The fourth-order valence-corrected chi connectivity index (χ4v) is 12.5. The van der Waals surface area contributed by atoms with Crippen LogP contribution in [0.4, 0.5) is 0 Å². The van der Waals surface area contributed by atoms with Crippen molar-refractivity contribution in [2.45, 2.75) is 362 Å². The number of rotatable bonds is 60. The fourth-order valence-electron chi connectivity index (χ4n) is 12.5. The molecule has 580 valence electrons. The topological polar surface area (TPSA) is 307 Å². The highest BCUT2D eigenvalue weighted by molar-refractivity contribution is 5.76. The van der Waals surface area contributed by atoms with E-state index in [0.717, 1.165) is 103 Å². The number of nitrogens with one attached hydrogen (secondary N) is 1. The number of carbonyl (C=O) groups excluding carboxylic acids is 1. The molecule has 19 nitrogen and oxygen atoms in total. The van der Waals surface area contributed by atoms with Crippen LogP contribution in [0.1, 0.15) is 258 Å². The Kier molecular flexibility index (Phi) is 55.5. The van der Waals surface area contributed by atoms with Gasteiger partial charge >= 0.3 is 0 Å². The van der Waals surface area contributed by atoms with Crippen LogP contribution in [0.5, 0.6) is 0 Å². The van der Waals surface area contributed by atoms with Gasteiger partial charge in [0.05, 0.1) is 38.6 Å². The van der Waals surface area contributed by atoms with Gasteiger partial charge in [-0.2, -0.15) is 0 Å². The number of allylic oxidation sites excluding steroid dienone is 19. The van der Waals surface area contributed by atoms with Gasteiger partial charge in [0, 0.05) is 6.42 Å². The first-order valence-electron chi connectivity index (χ1n) is 39.3. The average Bonchev–Trinajstić information content (AvgIpc) is 0.792. The van der Waals surface area contributed by atoms with Crippen molar-refractivity contribution in [3.05, 3.63) is 122 Å². The molecule has 0 aromatic carbocycles. The third-order valence-electron chi connectivity index (χ3n) is 18.8. The zero-order valence-corrected chi connectivity index (χ0v) is 61.8. The highest BCUT2D eigenvalue weighted by atomic mass is 16.8. The van der Waals surface area contributed by atoms with Crippen LogP contribution in [-0.2, 0) is 33.2 Å². The van der Waals surface area contributed by atoms with Crippen molar-refractivity contribution < 1.29 is 89.4 Å². The minimum absolute atomic E-state index is 0.195. The van der Waals surface area contributed by atoms with E-state index < -0.39 is 124 Å². The van der Waals surface area contributed by atoms with Gasteiger partial charge in [-0.05, 0) is 89.9 Å². The molecule has 3 saturated heterocycles. The summed E-state index contributed by atoms with van der Waals surface area (Å²) < 4.78 is 34.4. The molecule has 101 heavy (non-hydrogen) atoms. The molecule has 3 heterocycles. The van der Waals surface area contributed by atoms with E-state index in [0.29, 0.717) is 6.42 Å². The van der Waals surface area contributed by atoms with Crippen molar-refractivity contribution in [3.8, 4) is 0 Å². The maximum atomic E-state index is 13.5. The van der Waals surface area contributed by atoms with Gasteiger partial charge in [0.25, 0.3) is 0 Å². The first-order chi connectivity index (χ1) is 49.3. The van der Waals surface area contributed by atoms with Crippen LogP contribution >= 0.6 is 0 Å². The molecule has 1 amide bonds. The van der Waals surface area contributed by atoms with E-state index in [-0.39, 0.29) is 18.9 Å². The van der Waals surface area contributed by atoms with E-state index in [4.69, 9.17) is 28.4 Å². The van der Waals surface area contributed by atoms with E-state index in [1.165, 1.54) is 128 Å². The summed E-state index contributed by atoms with van der Waals surface area (Å²) in [7, 11) is 0. The molecule has 3 rings (SSSR count). The predicted octanol–water partition coefficient (Wildman–Crippen LogP) is 12.7. The Labute approximate surface area is 608 Å². The molecule has 19 heteroatoms. The molecule has 17 atom stereocenters. The van der Waals surface area contributed by atoms with E-state index >= 15 is 0 Å². The maximum absolute atomic E-state index is 13.5. The second kappa shape index (κ2) is 61.4. The summed E-state index contributed by atoms with van der Waals surface area (Å²) >= 11 is 0. The molecule has 0 aromatic rings. The Morgan fingerprint density at radius 3 is 1.07 bits per heavy atom. The van der Waals surface area contributed by atoms with Crippen molar-refractivity contribution in [1.29, 1.82) is 0 Å². The summed E-state index contributed by atoms with van der Waals surface area (Å²) in [5, 5.41) is 121. The Morgan fingerprint density at radius 2 is 0.683 bits per heavy atom. The highest BCUT2D eigenvalue weighted by Crippen LogP contribution is 2.33. The van der Waals surface area contributed by atoms with Gasteiger partial charge < -0.3 is 89.9 Å². The molecule has 0 saturated carbocycles. The smallest absolute Gasteiger partial charge is 0.220 e. The molecule has 3 fully saturated rings. The fraction of sp³-hybridized carbons (Fsp3) is 0.744. The van der Waals surface area contributed by atoms with Crippen molar-refractivity contribution in [3.63, 3.8) is 0 Å². The first kappa shape index (κ1) is 91.4. The van der Waals surface area contributed by atoms with E-state index in [9.17, 15) is 61.0 Å². The number of unbranched alkanes of at least 4 members (excludes halogenated alkanes) is 26. The van der Waals surface area contributed by atoms with E-state index in [2.05, 4.69) is 129 Å². The van der Waals surface area contributed by atoms with Crippen LogP contribution in [0.25, 0.3) is 0 Å². The predicted molar refractivity (Wildman–Crippen MR) is 401 cm³/mol. The number of hydrogen-bond donors (Lipinski definition) is 12. The summed E-state index contributed by atoms with van der Waals surface area (Å²) in [6.45, 7) is 1.61. The largest absolute Gasteiger partial charge is 0.394 e. The van der Waals surface area contributed by atoms with Gasteiger partial charge in [0.1, 0.15) is 73.2 Å². The number of aliphatic hydroxyl groups is 11. The van der Waals surface area contributed by atoms with Crippen LogP contribution in [0.15, 0.2) is 122 Å². The number of amides is 1. The monoisotopic (exact) mass is 1430 g/mol. The lowest BCUT2D eigenvalue weighted by atomic mass is 9.96. The summed E-state index contributed by atoms with van der Waals surface area (Å²) in [5.74, 6) is -0.310. The van der Waals surface area contributed by atoms with Crippen LogP contribution in [0, 0.1) is 0 Å². The van der Waals surface area contributed by atoms with Crippen LogP contribution in [0.3, 0.4) is 0 Å². The molecule has 12 N–H and O–H groups in total. The second-order valence-electron chi connectivity index (χ2n) is 27.4. The minimum atomic E-state index is -1.99. The number of ether oxygens (including phenoxy) is 6. The van der Waals surface area contributed by atoms with Crippen LogP contribution < -0.4 is 5.32 Å². The van der Waals surface area contributed by atoms with Crippen molar-refractivity contribution >= 4 is 5.91 Å². The molecule has 3 aliphatic rings. The Morgan fingerprint density at radius 1 is 0.366 bits per heavy atom. The molecule has 0 aliphatic carbocycles. The van der Waals surface area contributed by atoms with Gasteiger partial charge in [-0.25, -0.2) is 0 Å². The van der Waals surface area contributed by atoms with Gasteiger partial charge in [-0.1, -0.05) is 283 Å². The van der Waals surface area contributed by atoms with E-state index in [1.54, 1.807) is 6.08 Å². The van der Waals surface area contributed by atoms with Gasteiger partial charge in [-0.15, -0.1) is 0 Å². The van der Waals surface area contributed by atoms with Gasteiger partial charge in [0.15, 0.2) is 18.9 Å². The molecular formula is C82H139NO18. The lowest BCUT2D eigenvalue weighted by Gasteiger charge is -2.48. The Hall–Kier alpha value is -3.81. The molecule has 3 aliphatic heterocycles. The number of carbonyl (C=O) groups is 1. The average molecular weight is 1430 g/mol.